The van der Waals surface area contributed by atoms with Gasteiger partial charge in [-0.1, -0.05) is 24.5 Å². The van der Waals surface area contributed by atoms with Gasteiger partial charge in [0.05, 0.1) is 0 Å². The highest BCUT2D eigenvalue weighted by Gasteiger charge is 1.79. The summed E-state index contributed by atoms with van der Waals surface area (Å²) in [5.41, 5.74) is 0. The number of hydrogen-bond acceptors (Lipinski definition) is 1. The first-order valence-electron chi connectivity index (χ1n) is 3.62. The fraction of sp³-hybridized carbons (Fsp3) is 0.300. The zero-order valence-electron chi connectivity index (χ0n) is 6.55. The third kappa shape index (κ3) is 8.71. The molecule has 0 aliphatic rings. The van der Waals surface area contributed by atoms with Crippen molar-refractivity contribution in [2.75, 3.05) is 0 Å². The molecule has 0 aliphatic heterocycles. The molecule has 0 saturated carbocycles. The van der Waals surface area contributed by atoms with E-state index >= 15 is 0 Å². The molecule has 58 valence electrons. The van der Waals surface area contributed by atoms with Crippen molar-refractivity contribution < 1.29 is 4.79 Å². The Morgan fingerprint density at radius 1 is 1.27 bits per heavy atom. The molecule has 0 rings (SSSR count). The van der Waals surface area contributed by atoms with Crippen LogP contribution in [0.4, 0.5) is 0 Å². The number of unbranched alkanes of at least 4 members (excludes halogenated alkanes) is 2. The van der Waals surface area contributed by atoms with Gasteiger partial charge in [0, 0.05) is 6.42 Å². The Bertz CT molecular complexity index is 191. The SMILES string of the molecule is C=CC#C/C=C/CCCC=O. The van der Waals surface area contributed by atoms with Crippen LogP contribution in [0.3, 0.4) is 0 Å². The van der Waals surface area contributed by atoms with Crippen molar-refractivity contribution in [3.05, 3.63) is 24.8 Å². The first-order chi connectivity index (χ1) is 5.41. The van der Waals surface area contributed by atoms with Crippen LogP contribution in [0.1, 0.15) is 19.3 Å². The lowest BCUT2D eigenvalue weighted by Gasteiger charge is -1.83. The number of allylic oxidation sites excluding steroid dienone is 3. The molecule has 0 radical (unpaired) electrons. The van der Waals surface area contributed by atoms with Crippen LogP contribution in [0.5, 0.6) is 0 Å². The normalized spacial score (nSPS) is 8.73. The molecular formula is C10H12O. The van der Waals surface area contributed by atoms with E-state index in [0.29, 0.717) is 6.42 Å². The van der Waals surface area contributed by atoms with E-state index in [2.05, 4.69) is 18.4 Å². The van der Waals surface area contributed by atoms with Gasteiger partial charge in [0.1, 0.15) is 6.29 Å². The molecule has 0 saturated heterocycles. The predicted molar refractivity (Wildman–Crippen MR) is 47.0 cm³/mol. The molecule has 0 spiro atoms. The van der Waals surface area contributed by atoms with Gasteiger partial charge in [-0.3, -0.25) is 0 Å². The van der Waals surface area contributed by atoms with Crippen molar-refractivity contribution in [2.45, 2.75) is 19.3 Å². The quantitative estimate of drug-likeness (QED) is 0.339. The van der Waals surface area contributed by atoms with Crippen molar-refractivity contribution in [2.24, 2.45) is 0 Å². The minimum atomic E-state index is 0.638. The molecule has 11 heavy (non-hydrogen) atoms. The Hall–Kier alpha value is -1.29. The second-order valence-corrected chi connectivity index (χ2v) is 1.99. The largest absolute Gasteiger partial charge is 0.303 e. The Kier molecular flexibility index (Phi) is 7.69. The monoisotopic (exact) mass is 148 g/mol. The number of aldehydes is 1. The molecule has 0 amide bonds. The van der Waals surface area contributed by atoms with Crippen molar-refractivity contribution in [3.8, 4) is 11.8 Å². The average Bonchev–Trinajstić information content (AvgIpc) is 2.03. The lowest BCUT2D eigenvalue weighted by Crippen LogP contribution is -1.72. The van der Waals surface area contributed by atoms with Crippen LogP contribution in [-0.2, 0) is 4.79 Å². The van der Waals surface area contributed by atoms with E-state index in [1.165, 1.54) is 0 Å². The van der Waals surface area contributed by atoms with E-state index in [-0.39, 0.29) is 0 Å². The fourth-order valence-corrected chi connectivity index (χ4v) is 0.568. The van der Waals surface area contributed by atoms with E-state index in [0.717, 1.165) is 19.1 Å². The van der Waals surface area contributed by atoms with Gasteiger partial charge >= 0.3 is 0 Å². The molecular weight excluding hydrogens is 136 g/mol. The Morgan fingerprint density at radius 3 is 2.73 bits per heavy atom. The second kappa shape index (κ2) is 8.71. The van der Waals surface area contributed by atoms with Crippen LogP contribution < -0.4 is 0 Å². The zero-order chi connectivity index (χ0) is 8.36. The third-order valence-corrected chi connectivity index (χ3v) is 1.08. The van der Waals surface area contributed by atoms with Gasteiger partial charge in [0.25, 0.3) is 0 Å². The zero-order valence-corrected chi connectivity index (χ0v) is 6.55. The summed E-state index contributed by atoms with van der Waals surface area (Å²) in [7, 11) is 0. The van der Waals surface area contributed by atoms with Gasteiger partial charge in [-0.2, -0.15) is 0 Å². The third-order valence-electron chi connectivity index (χ3n) is 1.08. The average molecular weight is 148 g/mol. The molecule has 0 atom stereocenters. The van der Waals surface area contributed by atoms with E-state index < -0.39 is 0 Å². The number of carbonyl (C=O) groups is 1. The van der Waals surface area contributed by atoms with Gasteiger partial charge in [-0.05, 0) is 25.0 Å². The smallest absolute Gasteiger partial charge is 0.120 e. The van der Waals surface area contributed by atoms with Crippen LogP contribution in [0.2, 0.25) is 0 Å². The first-order valence-corrected chi connectivity index (χ1v) is 3.62. The molecule has 0 aliphatic carbocycles. The van der Waals surface area contributed by atoms with Gasteiger partial charge in [0.15, 0.2) is 0 Å². The van der Waals surface area contributed by atoms with Crippen LogP contribution in [0.25, 0.3) is 0 Å². The van der Waals surface area contributed by atoms with Gasteiger partial charge in [-0.25, -0.2) is 0 Å². The molecule has 0 aromatic heterocycles. The maximum Gasteiger partial charge on any atom is 0.120 e. The molecule has 0 heterocycles. The van der Waals surface area contributed by atoms with Crippen LogP contribution in [0, 0.1) is 11.8 Å². The Labute approximate surface area is 67.8 Å². The topological polar surface area (TPSA) is 17.1 Å². The molecule has 0 fully saturated rings. The predicted octanol–water partition coefficient (Wildman–Crippen LogP) is 2.10. The summed E-state index contributed by atoms with van der Waals surface area (Å²) < 4.78 is 0. The number of hydrogen-bond donors (Lipinski definition) is 0. The van der Waals surface area contributed by atoms with Gasteiger partial charge < -0.3 is 4.79 Å². The molecule has 1 nitrogen and oxygen atoms in total. The van der Waals surface area contributed by atoms with Crippen LogP contribution in [0.15, 0.2) is 24.8 Å². The molecule has 0 bridgehead atoms. The summed E-state index contributed by atoms with van der Waals surface area (Å²) in [6.45, 7) is 3.45. The molecule has 0 N–H and O–H groups in total. The summed E-state index contributed by atoms with van der Waals surface area (Å²) in [4.78, 5) is 9.87. The maximum absolute atomic E-state index is 9.87. The Balaban J connectivity index is 3.29. The van der Waals surface area contributed by atoms with Crippen LogP contribution >= 0.6 is 0 Å². The summed E-state index contributed by atoms with van der Waals surface area (Å²) in [5, 5.41) is 0. The van der Waals surface area contributed by atoms with Crippen molar-refractivity contribution >= 4 is 6.29 Å². The van der Waals surface area contributed by atoms with Crippen molar-refractivity contribution in [1.29, 1.82) is 0 Å². The maximum atomic E-state index is 9.87. The minimum absolute atomic E-state index is 0.638. The first kappa shape index (κ1) is 9.71. The summed E-state index contributed by atoms with van der Waals surface area (Å²) in [6.07, 6.45) is 8.70. The minimum Gasteiger partial charge on any atom is -0.303 e. The standard InChI is InChI=1S/C10H12O/c1-2-3-4-5-6-7-8-9-10-11/h2,5-6,10H,1,7-9H2/b6-5+. The van der Waals surface area contributed by atoms with E-state index in [9.17, 15) is 4.79 Å². The van der Waals surface area contributed by atoms with Crippen molar-refractivity contribution in [3.63, 3.8) is 0 Å². The highest BCUT2D eigenvalue weighted by Crippen LogP contribution is 1.92. The summed E-state index contributed by atoms with van der Waals surface area (Å²) >= 11 is 0. The molecule has 0 unspecified atom stereocenters. The lowest BCUT2D eigenvalue weighted by molar-refractivity contribution is -0.107. The van der Waals surface area contributed by atoms with E-state index in [1.54, 1.807) is 12.2 Å². The number of carbonyl (C=O) groups excluding carboxylic acids is 1. The molecule has 1 heteroatoms. The highest BCUT2D eigenvalue weighted by atomic mass is 16.1. The van der Waals surface area contributed by atoms with E-state index in [1.807, 2.05) is 6.08 Å². The molecule has 0 aromatic rings. The van der Waals surface area contributed by atoms with Gasteiger partial charge in [0.2, 0.25) is 0 Å². The van der Waals surface area contributed by atoms with Gasteiger partial charge in [-0.15, -0.1) is 0 Å². The second-order valence-electron chi connectivity index (χ2n) is 1.99. The summed E-state index contributed by atoms with van der Waals surface area (Å²) in [5.74, 6) is 5.47. The molecule has 0 aromatic carbocycles. The Morgan fingerprint density at radius 2 is 2.09 bits per heavy atom. The lowest BCUT2D eigenvalue weighted by atomic mass is 10.2. The summed E-state index contributed by atoms with van der Waals surface area (Å²) in [6, 6.07) is 0. The van der Waals surface area contributed by atoms with Crippen molar-refractivity contribution in [1.82, 2.24) is 0 Å². The fourth-order valence-electron chi connectivity index (χ4n) is 0.568. The van der Waals surface area contributed by atoms with E-state index in [4.69, 9.17) is 0 Å². The highest BCUT2D eigenvalue weighted by molar-refractivity contribution is 5.49. The number of rotatable bonds is 4. The van der Waals surface area contributed by atoms with Crippen LogP contribution in [-0.4, -0.2) is 6.29 Å².